The fourth-order valence-electron chi connectivity index (χ4n) is 2.89. The second kappa shape index (κ2) is 9.52. The van der Waals surface area contributed by atoms with Crippen LogP contribution >= 0.6 is 24.0 Å². The molecule has 1 aromatic carbocycles. The van der Waals surface area contributed by atoms with Gasteiger partial charge in [0.05, 0.1) is 7.11 Å². The van der Waals surface area contributed by atoms with E-state index in [0.29, 0.717) is 0 Å². The molecule has 0 radical (unpaired) electrons. The SMILES string of the molecule is CNCCC1CCN(Cc2c(Cl)cccc2OC)CC1.Cl. The summed E-state index contributed by atoms with van der Waals surface area (Å²) in [6, 6.07) is 5.87. The minimum absolute atomic E-state index is 0. The summed E-state index contributed by atoms with van der Waals surface area (Å²) < 4.78 is 5.42. The number of hydrogen-bond acceptors (Lipinski definition) is 3. The Bertz CT molecular complexity index is 421. The molecule has 1 heterocycles. The van der Waals surface area contributed by atoms with Gasteiger partial charge >= 0.3 is 0 Å². The second-order valence-electron chi connectivity index (χ2n) is 5.53. The molecule has 0 amide bonds. The lowest BCUT2D eigenvalue weighted by molar-refractivity contribution is 0.171. The van der Waals surface area contributed by atoms with Crippen LogP contribution in [0.4, 0.5) is 0 Å². The fourth-order valence-corrected chi connectivity index (χ4v) is 3.11. The van der Waals surface area contributed by atoms with Gasteiger partial charge in [-0.15, -0.1) is 12.4 Å². The Morgan fingerprint density at radius 3 is 2.67 bits per heavy atom. The fraction of sp³-hybridized carbons (Fsp3) is 0.625. The van der Waals surface area contributed by atoms with Gasteiger partial charge in [-0.25, -0.2) is 0 Å². The third kappa shape index (κ3) is 5.33. The molecule has 0 aliphatic carbocycles. The maximum atomic E-state index is 6.31. The number of methoxy groups -OCH3 is 1. The van der Waals surface area contributed by atoms with E-state index >= 15 is 0 Å². The normalized spacial score (nSPS) is 16.5. The Balaban J connectivity index is 0.00000220. The Labute approximate surface area is 139 Å². The molecule has 1 saturated heterocycles. The highest BCUT2D eigenvalue weighted by Crippen LogP contribution is 2.29. The summed E-state index contributed by atoms with van der Waals surface area (Å²) >= 11 is 6.31. The van der Waals surface area contributed by atoms with E-state index in [1.807, 2.05) is 25.2 Å². The molecule has 1 aliphatic rings. The van der Waals surface area contributed by atoms with Gasteiger partial charge in [-0.3, -0.25) is 4.90 Å². The van der Waals surface area contributed by atoms with Crippen molar-refractivity contribution >= 4 is 24.0 Å². The molecule has 0 spiro atoms. The average Bonchev–Trinajstić information content (AvgIpc) is 2.48. The number of nitrogens with zero attached hydrogens (tertiary/aromatic N) is 1. The Kier molecular flexibility index (Phi) is 8.42. The van der Waals surface area contributed by atoms with Crippen LogP contribution in [0, 0.1) is 5.92 Å². The molecule has 21 heavy (non-hydrogen) atoms. The molecule has 5 heteroatoms. The summed E-state index contributed by atoms with van der Waals surface area (Å²) in [5.74, 6) is 1.77. The first-order valence-corrected chi connectivity index (χ1v) is 7.80. The number of likely N-dealkylation sites (tertiary alicyclic amines) is 1. The summed E-state index contributed by atoms with van der Waals surface area (Å²) in [5, 5.41) is 4.05. The van der Waals surface area contributed by atoms with Gasteiger partial charge in [0.2, 0.25) is 0 Å². The van der Waals surface area contributed by atoms with E-state index in [0.717, 1.165) is 48.4 Å². The van der Waals surface area contributed by atoms with E-state index in [1.54, 1.807) is 7.11 Å². The third-order valence-corrected chi connectivity index (χ3v) is 4.54. The summed E-state index contributed by atoms with van der Waals surface area (Å²) in [7, 11) is 3.73. The van der Waals surface area contributed by atoms with Gasteiger partial charge in [-0.1, -0.05) is 17.7 Å². The van der Waals surface area contributed by atoms with Crippen LogP contribution in [0.2, 0.25) is 5.02 Å². The van der Waals surface area contributed by atoms with Crippen molar-refractivity contribution < 1.29 is 4.74 Å². The molecule has 3 nitrogen and oxygen atoms in total. The zero-order valence-corrected chi connectivity index (χ0v) is 14.5. The molecular formula is C16H26Cl2N2O. The summed E-state index contributed by atoms with van der Waals surface area (Å²) in [6.45, 7) is 4.33. The second-order valence-corrected chi connectivity index (χ2v) is 5.94. The molecule has 0 aromatic heterocycles. The summed E-state index contributed by atoms with van der Waals surface area (Å²) in [4.78, 5) is 2.49. The molecule has 1 fully saturated rings. The van der Waals surface area contributed by atoms with Gasteiger partial charge in [0.25, 0.3) is 0 Å². The summed E-state index contributed by atoms with van der Waals surface area (Å²) in [6.07, 6.45) is 3.86. The smallest absolute Gasteiger partial charge is 0.124 e. The van der Waals surface area contributed by atoms with Crippen molar-refractivity contribution in [2.24, 2.45) is 5.92 Å². The lowest BCUT2D eigenvalue weighted by atomic mass is 9.93. The number of ether oxygens (including phenoxy) is 1. The van der Waals surface area contributed by atoms with E-state index in [-0.39, 0.29) is 12.4 Å². The number of hydrogen-bond donors (Lipinski definition) is 1. The number of piperidine rings is 1. The van der Waals surface area contributed by atoms with Crippen LogP contribution in [0.15, 0.2) is 18.2 Å². The minimum atomic E-state index is 0. The van der Waals surface area contributed by atoms with E-state index < -0.39 is 0 Å². The number of halogens is 2. The molecule has 1 aliphatic heterocycles. The van der Waals surface area contributed by atoms with Crippen LogP contribution < -0.4 is 10.1 Å². The molecule has 120 valence electrons. The first-order chi connectivity index (χ1) is 9.74. The van der Waals surface area contributed by atoms with Crippen molar-refractivity contribution in [3.05, 3.63) is 28.8 Å². The molecule has 0 saturated carbocycles. The van der Waals surface area contributed by atoms with Crippen LogP contribution in [0.3, 0.4) is 0 Å². The molecule has 0 bridgehead atoms. The van der Waals surface area contributed by atoms with Crippen molar-refractivity contribution in [2.75, 3.05) is 33.8 Å². The van der Waals surface area contributed by atoms with Gasteiger partial charge in [0.1, 0.15) is 5.75 Å². The van der Waals surface area contributed by atoms with Gasteiger partial charge in [-0.2, -0.15) is 0 Å². The topological polar surface area (TPSA) is 24.5 Å². The van der Waals surface area contributed by atoms with Crippen molar-refractivity contribution in [1.82, 2.24) is 10.2 Å². The van der Waals surface area contributed by atoms with E-state index in [1.165, 1.54) is 19.3 Å². The average molecular weight is 333 g/mol. The highest BCUT2D eigenvalue weighted by Gasteiger charge is 2.20. The molecule has 2 rings (SSSR count). The monoisotopic (exact) mass is 332 g/mol. The Morgan fingerprint density at radius 1 is 1.33 bits per heavy atom. The molecular weight excluding hydrogens is 307 g/mol. The van der Waals surface area contributed by atoms with Gasteiger partial charge < -0.3 is 10.1 Å². The zero-order chi connectivity index (χ0) is 14.4. The maximum absolute atomic E-state index is 6.31. The van der Waals surface area contributed by atoms with E-state index in [9.17, 15) is 0 Å². The van der Waals surface area contributed by atoms with Crippen molar-refractivity contribution in [3.63, 3.8) is 0 Å². The predicted molar refractivity (Wildman–Crippen MR) is 91.8 cm³/mol. The van der Waals surface area contributed by atoms with Crippen LogP contribution in [-0.4, -0.2) is 38.7 Å². The molecule has 1 aromatic rings. The van der Waals surface area contributed by atoms with Gasteiger partial charge in [-0.05, 0) is 64.0 Å². The molecule has 0 unspecified atom stereocenters. The van der Waals surface area contributed by atoms with E-state index in [2.05, 4.69) is 10.2 Å². The highest BCUT2D eigenvalue weighted by molar-refractivity contribution is 6.31. The van der Waals surface area contributed by atoms with Crippen LogP contribution in [-0.2, 0) is 6.54 Å². The Hall–Kier alpha value is -0.480. The maximum Gasteiger partial charge on any atom is 0.124 e. The van der Waals surface area contributed by atoms with Crippen molar-refractivity contribution in [1.29, 1.82) is 0 Å². The largest absolute Gasteiger partial charge is 0.496 e. The van der Waals surface area contributed by atoms with Crippen LogP contribution in [0.5, 0.6) is 5.75 Å². The Morgan fingerprint density at radius 2 is 2.05 bits per heavy atom. The van der Waals surface area contributed by atoms with Crippen molar-refractivity contribution in [3.8, 4) is 5.75 Å². The minimum Gasteiger partial charge on any atom is -0.496 e. The lowest BCUT2D eigenvalue weighted by Crippen LogP contribution is -2.34. The highest BCUT2D eigenvalue weighted by atomic mass is 35.5. The summed E-state index contributed by atoms with van der Waals surface area (Å²) in [5.41, 5.74) is 1.12. The van der Waals surface area contributed by atoms with Crippen LogP contribution in [0.25, 0.3) is 0 Å². The first-order valence-electron chi connectivity index (χ1n) is 7.43. The predicted octanol–water partition coefficient (Wildman–Crippen LogP) is 3.59. The quantitative estimate of drug-likeness (QED) is 0.861. The van der Waals surface area contributed by atoms with Gasteiger partial charge in [0.15, 0.2) is 0 Å². The standard InChI is InChI=1S/C16H25ClN2O.ClH/c1-18-9-6-13-7-10-19(11-8-13)12-14-15(17)4-3-5-16(14)20-2;/h3-5,13,18H,6-12H2,1-2H3;1H. The molecule has 0 atom stereocenters. The number of benzene rings is 1. The van der Waals surface area contributed by atoms with Gasteiger partial charge in [0, 0.05) is 17.1 Å². The molecule has 1 N–H and O–H groups in total. The number of nitrogens with one attached hydrogen (secondary N) is 1. The lowest BCUT2D eigenvalue weighted by Gasteiger charge is -2.32. The van der Waals surface area contributed by atoms with Crippen molar-refractivity contribution in [2.45, 2.75) is 25.8 Å². The zero-order valence-electron chi connectivity index (χ0n) is 12.9. The number of rotatable bonds is 6. The first kappa shape index (κ1) is 18.6. The third-order valence-electron chi connectivity index (χ3n) is 4.19. The van der Waals surface area contributed by atoms with Crippen LogP contribution in [0.1, 0.15) is 24.8 Å². The van der Waals surface area contributed by atoms with E-state index in [4.69, 9.17) is 16.3 Å².